The Labute approximate surface area is 214 Å². The lowest BCUT2D eigenvalue weighted by Crippen LogP contribution is -2.52. The van der Waals surface area contributed by atoms with Crippen molar-refractivity contribution in [2.75, 3.05) is 6.61 Å². The van der Waals surface area contributed by atoms with E-state index in [9.17, 15) is 9.59 Å². The number of carbonyl (C=O) groups excluding carboxylic acids is 2. The molecule has 0 saturated heterocycles. The molecule has 0 heterocycles. The Morgan fingerprint density at radius 1 is 0.941 bits per heavy atom. The molecule has 0 bridgehead atoms. The third kappa shape index (κ3) is 7.89. The van der Waals surface area contributed by atoms with Crippen LogP contribution in [0.2, 0.25) is 5.02 Å². The highest BCUT2D eigenvalue weighted by Gasteiger charge is 2.31. The van der Waals surface area contributed by atoms with Crippen LogP contribution in [-0.4, -0.2) is 35.4 Å². The molecule has 34 heavy (non-hydrogen) atoms. The van der Waals surface area contributed by atoms with Crippen molar-refractivity contribution in [1.82, 2.24) is 10.2 Å². The van der Waals surface area contributed by atoms with Crippen LogP contribution in [0.4, 0.5) is 0 Å². The van der Waals surface area contributed by atoms with Crippen LogP contribution in [-0.2, 0) is 22.6 Å². The smallest absolute Gasteiger partial charge is 0.261 e. The van der Waals surface area contributed by atoms with Crippen LogP contribution < -0.4 is 10.1 Å². The topological polar surface area (TPSA) is 58.6 Å². The van der Waals surface area contributed by atoms with Gasteiger partial charge in [0, 0.05) is 28.5 Å². The molecule has 3 rings (SSSR count). The van der Waals surface area contributed by atoms with Crippen LogP contribution >= 0.6 is 27.5 Å². The van der Waals surface area contributed by atoms with E-state index in [4.69, 9.17) is 16.3 Å². The number of nitrogens with one attached hydrogen (secondary N) is 1. The number of halogens is 2. The van der Waals surface area contributed by atoms with E-state index >= 15 is 0 Å². The minimum absolute atomic E-state index is 0.0549. The largest absolute Gasteiger partial charge is 0.484 e. The molecule has 1 N–H and O–H groups in total. The third-order valence-electron chi connectivity index (χ3n) is 5.14. The maximum atomic E-state index is 13.5. The summed E-state index contributed by atoms with van der Waals surface area (Å²) in [7, 11) is 0. The first-order valence-corrected chi connectivity index (χ1v) is 12.3. The van der Waals surface area contributed by atoms with Crippen LogP contribution in [0.5, 0.6) is 5.75 Å². The number of amides is 2. The van der Waals surface area contributed by atoms with Gasteiger partial charge in [-0.05, 0) is 61.4 Å². The first-order chi connectivity index (χ1) is 16.3. The average molecular weight is 544 g/mol. The fourth-order valence-electron chi connectivity index (χ4n) is 3.48. The molecule has 0 aliphatic heterocycles. The van der Waals surface area contributed by atoms with E-state index < -0.39 is 6.04 Å². The Balaban J connectivity index is 1.89. The zero-order valence-corrected chi connectivity index (χ0v) is 21.6. The lowest BCUT2D eigenvalue weighted by molar-refractivity contribution is -0.143. The highest BCUT2D eigenvalue weighted by atomic mass is 79.9. The van der Waals surface area contributed by atoms with Gasteiger partial charge in [0.2, 0.25) is 5.91 Å². The van der Waals surface area contributed by atoms with E-state index in [1.165, 1.54) is 0 Å². The molecule has 1 unspecified atom stereocenters. The lowest BCUT2D eigenvalue weighted by atomic mass is 10.0. The number of hydrogen-bond donors (Lipinski definition) is 1. The van der Waals surface area contributed by atoms with Crippen LogP contribution in [0.1, 0.15) is 25.0 Å². The quantitative estimate of drug-likeness (QED) is 0.360. The molecule has 178 valence electrons. The zero-order valence-electron chi connectivity index (χ0n) is 19.2. The molecule has 7 heteroatoms. The van der Waals surface area contributed by atoms with Gasteiger partial charge in [0.15, 0.2) is 6.61 Å². The summed E-state index contributed by atoms with van der Waals surface area (Å²) in [6.07, 6.45) is 0.391. The second-order valence-corrected chi connectivity index (χ2v) is 9.61. The maximum Gasteiger partial charge on any atom is 0.261 e. The summed E-state index contributed by atoms with van der Waals surface area (Å²) in [6, 6.07) is 23.5. The Kier molecular flexibility index (Phi) is 9.54. The SMILES string of the molecule is CC(C)NC(=O)C(Cc1ccccc1)N(Cc1ccc(Br)cc1)C(=O)COc1ccc(Cl)cc1. The minimum Gasteiger partial charge on any atom is -0.484 e. The number of benzene rings is 3. The Morgan fingerprint density at radius 2 is 1.59 bits per heavy atom. The minimum atomic E-state index is -0.699. The third-order valence-corrected chi connectivity index (χ3v) is 5.92. The molecule has 3 aromatic carbocycles. The second-order valence-electron chi connectivity index (χ2n) is 8.26. The summed E-state index contributed by atoms with van der Waals surface area (Å²) < 4.78 is 6.68. The van der Waals surface area contributed by atoms with Gasteiger partial charge >= 0.3 is 0 Å². The summed E-state index contributed by atoms with van der Waals surface area (Å²) in [4.78, 5) is 28.4. The summed E-state index contributed by atoms with van der Waals surface area (Å²) in [5.74, 6) is 0.0566. The molecule has 2 amide bonds. The van der Waals surface area contributed by atoms with Crippen molar-refractivity contribution in [3.8, 4) is 5.75 Å². The number of hydrogen-bond acceptors (Lipinski definition) is 3. The van der Waals surface area contributed by atoms with Crippen molar-refractivity contribution in [2.45, 2.75) is 38.9 Å². The van der Waals surface area contributed by atoms with Gasteiger partial charge in [0.1, 0.15) is 11.8 Å². The van der Waals surface area contributed by atoms with Crippen molar-refractivity contribution in [1.29, 1.82) is 0 Å². The van der Waals surface area contributed by atoms with Gasteiger partial charge in [0.05, 0.1) is 0 Å². The second kappa shape index (κ2) is 12.6. The molecule has 3 aromatic rings. The number of nitrogens with zero attached hydrogens (tertiary/aromatic N) is 1. The fourth-order valence-corrected chi connectivity index (χ4v) is 3.87. The highest BCUT2D eigenvalue weighted by Crippen LogP contribution is 2.19. The predicted molar refractivity (Wildman–Crippen MR) is 139 cm³/mol. The van der Waals surface area contributed by atoms with Crippen LogP contribution in [0, 0.1) is 0 Å². The molecule has 0 aliphatic carbocycles. The lowest BCUT2D eigenvalue weighted by Gasteiger charge is -2.32. The van der Waals surface area contributed by atoms with Crippen molar-refractivity contribution in [2.24, 2.45) is 0 Å². The summed E-state index contributed by atoms with van der Waals surface area (Å²) >= 11 is 9.39. The molecule has 5 nitrogen and oxygen atoms in total. The maximum absolute atomic E-state index is 13.5. The molecular formula is C27H28BrClN2O3. The molecule has 0 radical (unpaired) electrons. The fraction of sp³-hybridized carbons (Fsp3) is 0.259. The van der Waals surface area contributed by atoms with Gasteiger partial charge in [-0.15, -0.1) is 0 Å². The van der Waals surface area contributed by atoms with Gasteiger partial charge in [-0.25, -0.2) is 0 Å². The van der Waals surface area contributed by atoms with Crippen LogP contribution in [0.15, 0.2) is 83.3 Å². The average Bonchev–Trinajstić information content (AvgIpc) is 2.82. The number of rotatable bonds is 10. The molecule has 1 atom stereocenters. The van der Waals surface area contributed by atoms with E-state index in [2.05, 4.69) is 21.2 Å². The molecule has 0 spiro atoms. The van der Waals surface area contributed by atoms with Gasteiger partial charge < -0.3 is 15.0 Å². The van der Waals surface area contributed by atoms with E-state index in [0.29, 0.717) is 17.2 Å². The normalized spacial score (nSPS) is 11.7. The van der Waals surface area contributed by atoms with Crippen LogP contribution in [0.25, 0.3) is 0 Å². The van der Waals surface area contributed by atoms with E-state index in [1.807, 2.05) is 68.4 Å². The Bertz CT molecular complexity index is 1070. The van der Waals surface area contributed by atoms with Crippen molar-refractivity contribution < 1.29 is 14.3 Å². The van der Waals surface area contributed by atoms with Gasteiger partial charge in [-0.2, -0.15) is 0 Å². The van der Waals surface area contributed by atoms with Crippen molar-refractivity contribution in [3.05, 3.63) is 99.5 Å². The molecule has 0 fully saturated rings. The Morgan fingerprint density at radius 3 is 2.21 bits per heavy atom. The van der Waals surface area contributed by atoms with Gasteiger partial charge in [-0.1, -0.05) is 70.0 Å². The van der Waals surface area contributed by atoms with Crippen LogP contribution in [0.3, 0.4) is 0 Å². The standard InChI is InChI=1S/C27H28BrClN2O3/c1-19(2)30-27(33)25(16-20-6-4-3-5-7-20)31(17-21-8-10-22(28)11-9-21)26(32)18-34-24-14-12-23(29)13-15-24/h3-15,19,25H,16-18H2,1-2H3,(H,30,33). The Hall–Kier alpha value is -2.83. The van der Waals surface area contributed by atoms with Crippen molar-refractivity contribution >= 4 is 39.3 Å². The zero-order chi connectivity index (χ0) is 24.5. The van der Waals surface area contributed by atoms with Crippen molar-refractivity contribution in [3.63, 3.8) is 0 Å². The monoisotopic (exact) mass is 542 g/mol. The molecule has 0 saturated carbocycles. The summed E-state index contributed by atoms with van der Waals surface area (Å²) in [6.45, 7) is 3.89. The summed E-state index contributed by atoms with van der Waals surface area (Å²) in [5, 5.41) is 3.56. The first kappa shape index (κ1) is 25.8. The summed E-state index contributed by atoms with van der Waals surface area (Å²) in [5.41, 5.74) is 1.89. The molecule has 0 aliphatic rings. The molecular weight excluding hydrogens is 516 g/mol. The van der Waals surface area contributed by atoms with E-state index in [1.54, 1.807) is 29.2 Å². The van der Waals surface area contributed by atoms with E-state index in [0.717, 1.165) is 15.6 Å². The van der Waals surface area contributed by atoms with Gasteiger partial charge in [-0.3, -0.25) is 9.59 Å². The first-order valence-electron chi connectivity index (χ1n) is 11.1. The predicted octanol–water partition coefficient (Wildman–Crippen LogP) is 5.65. The van der Waals surface area contributed by atoms with Gasteiger partial charge in [0.25, 0.3) is 5.91 Å². The molecule has 0 aromatic heterocycles. The van der Waals surface area contributed by atoms with E-state index in [-0.39, 0.29) is 31.0 Å². The number of carbonyl (C=O) groups is 2. The highest BCUT2D eigenvalue weighted by molar-refractivity contribution is 9.10. The number of ether oxygens (including phenoxy) is 1.